The van der Waals surface area contributed by atoms with Crippen molar-refractivity contribution in [2.75, 3.05) is 13.2 Å². The lowest BCUT2D eigenvalue weighted by atomic mass is 9.81. The molecule has 0 saturated heterocycles. The molecule has 0 aliphatic heterocycles. The number of hydrogen-bond acceptors (Lipinski definition) is 2. The Hall–Kier alpha value is -0.860. The molecule has 1 N–H and O–H groups in total. The number of aliphatic hydroxyl groups is 1. The van der Waals surface area contributed by atoms with Crippen LogP contribution in [0.1, 0.15) is 37.2 Å². The number of ether oxygens (including phenoxy) is 1. The zero-order valence-electron chi connectivity index (χ0n) is 9.64. The van der Waals surface area contributed by atoms with Gasteiger partial charge in [0.15, 0.2) is 0 Å². The van der Waals surface area contributed by atoms with Crippen molar-refractivity contribution in [1.82, 2.24) is 0 Å². The molecule has 0 heterocycles. The summed E-state index contributed by atoms with van der Waals surface area (Å²) in [5, 5.41) is 8.83. The van der Waals surface area contributed by atoms with Crippen LogP contribution in [0.25, 0.3) is 0 Å². The monoisotopic (exact) mass is 220 g/mol. The second-order valence-electron chi connectivity index (χ2n) is 4.43. The number of benzene rings is 1. The van der Waals surface area contributed by atoms with E-state index in [-0.39, 0.29) is 6.61 Å². The average molecular weight is 220 g/mol. The van der Waals surface area contributed by atoms with E-state index in [2.05, 4.69) is 30.3 Å². The summed E-state index contributed by atoms with van der Waals surface area (Å²) in [4.78, 5) is 0. The van der Waals surface area contributed by atoms with Crippen LogP contribution in [0.3, 0.4) is 0 Å². The molecule has 88 valence electrons. The van der Waals surface area contributed by atoms with Gasteiger partial charge in [-0.2, -0.15) is 0 Å². The van der Waals surface area contributed by atoms with Crippen molar-refractivity contribution >= 4 is 0 Å². The lowest BCUT2D eigenvalue weighted by Gasteiger charge is -2.31. The summed E-state index contributed by atoms with van der Waals surface area (Å²) in [6.07, 6.45) is 5.17. The third-order valence-corrected chi connectivity index (χ3v) is 3.35. The summed E-state index contributed by atoms with van der Waals surface area (Å²) in [5.41, 5.74) is 1.38. The standard InChI is InChI=1S/C14H20O2/c15-10-11-16-14-9-5-4-8-13(14)12-6-2-1-3-7-12/h1-3,6-7,13-15H,4-5,8-11H2/t13-,14-/m1/s1. The Balaban J connectivity index is 2.04. The average Bonchev–Trinajstić information content (AvgIpc) is 2.38. The second-order valence-corrected chi connectivity index (χ2v) is 4.43. The number of hydrogen-bond donors (Lipinski definition) is 1. The predicted octanol–water partition coefficient (Wildman–Crippen LogP) is 2.72. The summed E-state index contributed by atoms with van der Waals surface area (Å²) in [5.74, 6) is 0.515. The maximum atomic E-state index is 8.83. The third kappa shape index (κ3) is 2.83. The minimum Gasteiger partial charge on any atom is -0.394 e. The van der Waals surface area contributed by atoms with Crippen molar-refractivity contribution in [2.24, 2.45) is 0 Å². The first-order valence-corrected chi connectivity index (χ1v) is 6.19. The molecule has 0 unspecified atom stereocenters. The van der Waals surface area contributed by atoms with E-state index in [1.807, 2.05) is 0 Å². The molecule has 1 aliphatic rings. The van der Waals surface area contributed by atoms with Gasteiger partial charge in [0.25, 0.3) is 0 Å². The van der Waals surface area contributed by atoms with Gasteiger partial charge >= 0.3 is 0 Å². The van der Waals surface area contributed by atoms with Gasteiger partial charge in [-0.15, -0.1) is 0 Å². The molecule has 0 radical (unpaired) electrons. The Morgan fingerprint density at radius 3 is 2.62 bits per heavy atom. The van der Waals surface area contributed by atoms with E-state index < -0.39 is 0 Å². The Morgan fingerprint density at radius 1 is 1.12 bits per heavy atom. The minimum absolute atomic E-state index is 0.123. The smallest absolute Gasteiger partial charge is 0.0701 e. The topological polar surface area (TPSA) is 29.5 Å². The molecule has 1 aromatic rings. The van der Waals surface area contributed by atoms with Gasteiger partial charge in [0.2, 0.25) is 0 Å². The fraction of sp³-hybridized carbons (Fsp3) is 0.571. The largest absolute Gasteiger partial charge is 0.394 e. The first kappa shape index (κ1) is 11.6. The van der Waals surface area contributed by atoms with Gasteiger partial charge in [-0.25, -0.2) is 0 Å². The number of rotatable bonds is 4. The summed E-state index contributed by atoms with van der Waals surface area (Å²) < 4.78 is 5.75. The van der Waals surface area contributed by atoms with Gasteiger partial charge in [0.1, 0.15) is 0 Å². The molecule has 1 fully saturated rings. The first-order valence-electron chi connectivity index (χ1n) is 6.19. The van der Waals surface area contributed by atoms with E-state index in [0.717, 1.165) is 6.42 Å². The summed E-state index contributed by atoms with van der Waals surface area (Å²) in [6, 6.07) is 10.6. The summed E-state index contributed by atoms with van der Waals surface area (Å²) in [6.45, 7) is 0.589. The first-order chi connectivity index (χ1) is 7.92. The van der Waals surface area contributed by atoms with Gasteiger partial charge in [-0.05, 0) is 18.4 Å². The molecular weight excluding hydrogens is 200 g/mol. The van der Waals surface area contributed by atoms with Crippen LogP contribution < -0.4 is 0 Å². The molecule has 1 aliphatic carbocycles. The van der Waals surface area contributed by atoms with Crippen LogP contribution in [-0.4, -0.2) is 24.4 Å². The van der Waals surface area contributed by atoms with Crippen molar-refractivity contribution in [1.29, 1.82) is 0 Å². The highest BCUT2D eigenvalue weighted by atomic mass is 16.5. The van der Waals surface area contributed by atoms with Gasteiger partial charge in [-0.3, -0.25) is 0 Å². The predicted molar refractivity (Wildman–Crippen MR) is 64.5 cm³/mol. The molecule has 0 aromatic heterocycles. The molecule has 0 amide bonds. The molecule has 2 atom stereocenters. The van der Waals surface area contributed by atoms with Crippen LogP contribution in [0.5, 0.6) is 0 Å². The van der Waals surface area contributed by atoms with Crippen molar-refractivity contribution in [2.45, 2.75) is 37.7 Å². The van der Waals surface area contributed by atoms with Crippen molar-refractivity contribution < 1.29 is 9.84 Å². The molecule has 0 spiro atoms. The van der Waals surface area contributed by atoms with E-state index in [1.54, 1.807) is 0 Å². The van der Waals surface area contributed by atoms with E-state index in [0.29, 0.717) is 18.6 Å². The van der Waals surface area contributed by atoms with E-state index in [1.165, 1.54) is 24.8 Å². The second kappa shape index (κ2) is 6.02. The lowest BCUT2D eigenvalue weighted by Crippen LogP contribution is -2.27. The fourth-order valence-electron chi connectivity index (χ4n) is 2.58. The van der Waals surface area contributed by atoms with Crippen LogP contribution in [-0.2, 0) is 4.74 Å². The molecule has 2 nitrogen and oxygen atoms in total. The molecule has 2 rings (SSSR count). The Morgan fingerprint density at radius 2 is 1.88 bits per heavy atom. The van der Waals surface area contributed by atoms with Gasteiger partial charge < -0.3 is 9.84 Å². The van der Waals surface area contributed by atoms with E-state index in [4.69, 9.17) is 9.84 Å². The van der Waals surface area contributed by atoms with Crippen LogP contribution in [0.2, 0.25) is 0 Å². The van der Waals surface area contributed by atoms with Crippen LogP contribution in [0, 0.1) is 0 Å². The minimum atomic E-state index is 0.123. The summed E-state index contributed by atoms with van der Waals surface area (Å²) in [7, 11) is 0. The van der Waals surface area contributed by atoms with Gasteiger partial charge in [0.05, 0.1) is 19.3 Å². The highest BCUT2D eigenvalue weighted by molar-refractivity contribution is 5.21. The van der Waals surface area contributed by atoms with Crippen molar-refractivity contribution in [3.05, 3.63) is 35.9 Å². The molecule has 1 aromatic carbocycles. The Bertz CT molecular complexity index is 297. The Kier molecular flexibility index (Phi) is 4.37. The zero-order valence-corrected chi connectivity index (χ0v) is 9.64. The Labute approximate surface area is 97.3 Å². The van der Waals surface area contributed by atoms with Gasteiger partial charge in [-0.1, -0.05) is 43.2 Å². The molecule has 1 saturated carbocycles. The van der Waals surface area contributed by atoms with Crippen LogP contribution in [0.15, 0.2) is 30.3 Å². The van der Waals surface area contributed by atoms with Crippen molar-refractivity contribution in [3.63, 3.8) is 0 Å². The highest BCUT2D eigenvalue weighted by Gasteiger charge is 2.26. The third-order valence-electron chi connectivity index (χ3n) is 3.35. The van der Waals surface area contributed by atoms with Crippen molar-refractivity contribution in [3.8, 4) is 0 Å². The van der Waals surface area contributed by atoms with Crippen LogP contribution in [0.4, 0.5) is 0 Å². The van der Waals surface area contributed by atoms with E-state index >= 15 is 0 Å². The molecule has 0 bridgehead atoms. The SMILES string of the molecule is OCCO[C@@H]1CCCC[C@@H]1c1ccccc1. The zero-order chi connectivity index (χ0) is 11.2. The normalized spacial score (nSPS) is 25.6. The highest BCUT2D eigenvalue weighted by Crippen LogP contribution is 2.34. The quantitative estimate of drug-likeness (QED) is 0.845. The fourth-order valence-corrected chi connectivity index (χ4v) is 2.58. The lowest BCUT2D eigenvalue weighted by molar-refractivity contribution is -0.00419. The van der Waals surface area contributed by atoms with E-state index in [9.17, 15) is 0 Å². The maximum absolute atomic E-state index is 8.83. The molecular formula is C14H20O2. The molecule has 16 heavy (non-hydrogen) atoms. The molecule has 2 heteroatoms. The van der Waals surface area contributed by atoms with Crippen LogP contribution >= 0.6 is 0 Å². The van der Waals surface area contributed by atoms with Gasteiger partial charge in [0, 0.05) is 5.92 Å². The maximum Gasteiger partial charge on any atom is 0.0701 e. The number of aliphatic hydroxyl groups excluding tert-OH is 1. The summed E-state index contributed by atoms with van der Waals surface area (Å²) >= 11 is 0.